The molecular formula is C6H3I2NO2. The number of hydrogen-bond donors (Lipinski definition) is 1. The number of carbonyl (C=O) groups is 1. The third-order valence-electron chi connectivity index (χ3n) is 0.978. The van der Waals surface area contributed by atoms with Crippen LogP contribution in [0.5, 0.6) is 0 Å². The summed E-state index contributed by atoms with van der Waals surface area (Å²) in [6.07, 6.45) is 0. The fraction of sp³-hybridized carbons (Fsp3) is 0. The number of halogens is 2. The lowest BCUT2D eigenvalue weighted by atomic mass is 10.4. The van der Waals surface area contributed by atoms with E-state index < -0.39 is 5.97 Å². The molecule has 0 amide bonds. The highest BCUT2D eigenvalue weighted by atomic mass is 127. The summed E-state index contributed by atoms with van der Waals surface area (Å²) in [5.41, 5.74) is 0.0984. The molecule has 0 fully saturated rings. The Morgan fingerprint density at radius 3 is 2.55 bits per heavy atom. The lowest BCUT2D eigenvalue weighted by Gasteiger charge is -1.95. The Kier molecular flexibility index (Phi) is 3.05. The molecule has 1 aromatic heterocycles. The van der Waals surface area contributed by atoms with E-state index in [1.54, 1.807) is 0 Å². The van der Waals surface area contributed by atoms with Crippen LogP contribution in [-0.4, -0.2) is 16.1 Å². The number of aromatic carboxylic acids is 1. The minimum absolute atomic E-state index is 0.0984. The average Bonchev–Trinajstić information content (AvgIpc) is 1.85. The van der Waals surface area contributed by atoms with Crippen molar-refractivity contribution in [3.8, 4) is 0 Å². The van der Waals surface area contributed by atoms with Crippen LogP contribution < -0.4 is 0 Å². The van der Waals surface area contributed by atoms with Gasteiger partial charge in [-0.2, -0.15) is 0 Å². The third-order valence-corrected chi connectivity index (χ3v) is 2.15. The van der Waals surface area contributed by atoms with E-state index in [9.17, 15) is 4.79 Å². The van der Waals surface area contributed by atoms with Gasteiger partial charge in [0.1, 0.15) is 9.39 Å². The molecule has 0 atom stereocenters. The largest absolute Gasteiger partial charge is 0.477 e. The molecule has 1 rings (SSSR count). The molecular weight excluding hydrogens is 372 g/mol. The molecule has 3 nitrogen and oxygen atoms in total. The molecule has 0 saturated carbocycles. The van der Waals surface area contributed by atoms with Gasteiger partial charge in [-0.15, -0.1) is 0 Å². The topological polar surface area (TPSA) is 50.2 Å². The van der Waals surface area contributed by atoms with Crippen LogP contribution in [0.2, 0.25) is 0 Å². The van der Waals surface area contributed by atoms with Gasteiger partial charge in [0.25, 0.3) is 0 Å². The van der Waals surface area contributed by atoms with Gasteiger partial charge in [-0.05, 0) is 57.3 Å². The van der Waals surface area contributed by atoms with Gasteiger partial charge in [0.15, 0.2) is 0 Å². The van der Waals surface area contributed by atoms with Crippen LogP contribution in [-0.2, 0) is 0 Å². The first-order valence-corrected chi connectivity index (χ1v) is 4.82. The van der Waals surface area contributed by atoms with Crippen molar-refractivity contribution >= 4 is 51.2 Å². The van der Waals surface area contributed by atoms with Gasteiger partial charge >= 0.3 is 5.97 Å². The molecule has 5 heteroatoms. The molecule has 0 aliphatic heterocycles. The number of carboxylic acids is 1. The number of hydrogen-bond acceptors (Lipinski definition) is 2. The summed E-state index contributed by atoms with van der Waals surface area (Å²) >= 11 is 4.04. The standard InChI is InChI=1S/C6H3I2NO2/c7-3-1-4(6(10)11)9-5(8)2-3/h1-2H,(H,10,11). The molecule has 0 aliphatic carbocycles. The van der Waals surface area contributed by atoms with Crippen molar-refractivity contribution in [2.24, 2.45) is 0 Å². The smallest absolute Gasteiger partial charge is 0.354 e. The van der Waals surface area contributed by atoms with E-state index in [0.717, 1.165) is 3.57 Å². The zero-order valence-corrected chi connectivity index (χ0v) is 9.53. The molecule has 0 aliphatic rings. The second-order valence-corrected chi connectivity index (χ2v) is 4.15. The Hall–Kier alpha value is 0.0800. The van der Waals surface area contributed by atoms with Crippen molar-refractivity contribution in [1.29, 1.82) is 0 Å². The summed E-state index contributed by atoms with van der Waals surface area (Å²) in [7, 11) is 0. The third kappa shape index (κ3) is 2.55. The van der Waals surface area contributed by atoms with Crippen LogP contribution in [0.3, 0.4) is 0 Å². The van der Waals surface area contributed by atoms with E-state index in [1.165, 1.54) is 6.07 Å². The molecule has 0 saturated heterocycles. The Morgan fingerprint density at radius 2 is 2.09 bits per heavy atom. The molecule has 0 bridgehead atoms. The molecule has 0 radical (unpaired) electrons. The Morgan fingerprint density at radius 1 is 1.45 bits per heavy atom. The number of pyridine rings is 1. The fourth-order valence-corrected chi connectivity index (χ4v) is 2.36. The molecule has 1 heterocycles. The SMILES string of the molecule is O=C(O)c1cc(I)cc(I)n1. The van der Waals surface area contributed by atoms with Gasteiger partial charge in [0.2, 0.25) is 0 Å². The summed E-state index contributed by atoms with van der Waals surface area (Å²) in [6.45, 7) is 0. The average molecular weight is 375 g/mol. The van der Waals surface area contributed by atoms with E-state index in [2.05, 4.69) is 27.6 Å². The molecule has 1 N–H and O–H groups in total. The first-order valence-electron chi connectivity index (χ1n) is 2.66. The minimum atomic E-state index is -0.985. The van der Waals surface area contributed by atoms with E-state index >= 15 is 0 Å². The lowest BCUT2D eigenvalue weighted by molar-refractivity contribution is 0.0690. The highest BCUT2D eigenvalue weighted by Gasteiger charge is 2.05. The van der Waals surface area contributed by atoms with E-state index in [0.29, 0.717) is 3.70 Å². The lowest BCUT2D eigenvalue weighted by Crippen LogP contribution is -2.01. The van der Waals surface area contributed by atoms with Gasteiger partial charge in [-0.1, -0.05) is 0 Å². The molecule has 0 spiro atoms. The van der Waals surface area contributed by atoms with Crippen LogP contribution >= 0.6 is 45.2 Å². The highest BCUT2D eigenvalue weighted by molar-refractivity contribution is 14.1. The molecule has 58 valence electrons. The van der Waals surface area contributed by atoms with Gasteiger partial charge in [-0.25, -0.2) is 9.78 Å². The van der Waals surface area contributed by atoms with Crippen LogP contribution in [0.15, 0.2) is 12.1 Å². The molecule has 0 unspecified atom stereocenters. The van der Waals surface area contributed by atoms with Crippen molar-refractivity contribution in [2.75, 3.05) is 0 Å². The monoisotopic (exact) mass is 375 g/mol. The second-order valence-electron chi connectivity index (χ2n) is 1.80. The predicted octanol–water partition coefficient (Wildman–Crippen LogP) is 1.99. The van der Waals surface area contributed by atoms with Gasteiger partial charge in [-0.3, -0.25) is 0 Å². The zero-order valence-electron chi connectivity index (χ0n) is 5.21. The summed E-state index contributed by atoms with van der Waals surface area (Å²) in [5.74, 6) is -0.985. The van der Waals surface area contributed by atoms with Gasteiger partial charge in [0.05, 0.1) is 0 Å². The number of aromatic nitrogens is 1. The van der Waals surface area contributed by atoms with Crippen molar-refractivity contribution in [1.82, 2.24) is 4.98 Å². The van der Waals surface area contributed by atoms with Crippen LogP contribution in [0.1, 0.15) is 10.5 Å². The van der Waals surface area contributed by atoms with Crippen molar-refractivity contribution < 1.29 is 9.90 Å². The summed E-state index contributed by atoms with van der Waals surface area (Å²) in [5, 5.41) is 8.56. The number of rotatable bonds is 1. The Bertz CT molecular complexity index is 280. The maximum Gasteiger partial charge on any atom is 0.354 e. The van der Waals surface area contributed by atoms with Crippen molar-refractivity contribution in [3.63, 3.8) is 0 Å². The van der Waals surface area contributed by atoms with Gasteiger partial charge < -0.3 is 5.11 Å². The number of nitrogens with zero attached hydrogens (tertiary/aromatic N) is 1. The minimum Gasteiger partial charge on any atom is -0.477 e. The summed E-state index contributed by atoms with van der Waals surface area (Å²) < 4.78 is 1.59. The maximum absolute atomic E-state index is 10.4. The second kappa shape index (κ2) is 3.65. The first-order chi connectivity index (χ1) is 5.09. The maximum atomic E-state index is 10.4. The van der Waals surface area contributed by atoms with Crippen LogP contribution in [0, 0.1) is 7.27 Å². The van der Waals surface area contributed by atoms with Crippen LogP contribution in [0.4, 0.5) is 0 Å². The quantitative estimate of drug-likeness (QED) is 0.604. The first kappa shape index (κ1) is 9.17. The summed E-state index contributed by atoms with van der Waals surface area (Å²) in [6, 6.07) is 3.35. The van der Waals surface area contributed by atoms with Crippen molar-refractivity contribution in [3.05, 3.63) is 25.1 Å². The molecule has 0 aromatic carbocycles. The normalized spacial score (nSPS) is 9.64. The zero-order chi connectivity index (χ0) is 8.43. The predicted molar refractivity (Wildman–Crippen MR) is 56.6 cm³/mol. The molecule has 11 heavy (non-hydrogen) atoms. The van der Waals surface area contributed by atoms with Crippen molar-refractivity contribution in [2.45, 2.75) is 0 Å². The Balaban J connectivity index is 3.19. The number of carboxylic acid groups (broad SMARTS) is 1. The van der Waals surface area contributed by atoms with E-state index in [-0.39, 0.29) is 5.69 Å². The van der Waals surface area contributed by atoms with E-state index in [1.807, 2.05) is 28.7 Å². The summed E-state index contributed by atoms with van der Waals surface area (Å²) in [4.78, 5) is 14.3. The highest BCUT2D eigenvalue weighted by Crippen LogP contribution is 2.10. The molecule has 1 aromatic rings. The van der Waals surface area contributed by atoms with Gasteiger partial charge in [0, 0.05) is 3.57 Å². The fourth-order valence-electron chi connectivity index (χ4n) is 0.575. The van der Waals surface area contributed by atoms with Crippen LogP contribution in [0.25, 0.3) is 0 Å². The van der Waals surface area contributed by atoms with E-state index in [4.69, 9.17) is 5.11 Å². The Labute approximate surface area is 90.5 Å².